The van der Waals surface area contributed by atoms with Gasteiger partial charge in [0.1, 0.15) is 17.5 Å². The van der Waals surface area contributed by atoms with E-state index in [0.29, 0.717) is 17.9 Å². The van der Waals surface area contributed by atoms with Crippen LogP contribution in [0.2, 0.25) is 0 Å². The van der Waals surface area contributed by atoms with Gasteiger partial charge in [-0.2, -0.15) is 0 Å². The molecule has 0 bridgehead atoms. The Morgan fingerprint density at radius 2 is 1.70 bits per heavy atom. The van der Waals surface area contributed by atoms with Crippen molar-refractivity contribution in [3.8, 4) is 0 Å². The van der Waals surface area contributed by atoms with Crippen LogP contribution in [-0.4, -0.2) is 39.7 Å². The summed E-state index contributed by atoms with van der Waals surface area (Å²) in [6.45, 7) is 4.49. The number of nitrogens with one attached hydrogen (secondary N) is 2. The first kappa shape index (κ1) is 24.4. The molecule has 2 atom stereocenters. The van der Waals surface area contributed by atoms with Gasteiger partial charge in [-0.1, -0.05) is 31.2 Å². The fourth-order valence-electron chi connectivity index (χ4n) is 3.49. The van der Waals surface area contributed by atoms with Crippen LogP contribution in [-0.2, 0) is 19.4 Å². The van der Waals surface area contributed by atoms with Crippen LogP contribution < -0.4 is 10.6 Å². The van der Waals surface area contributed by atoms with Gasteiger partial charge >= 0.3 is 0 Å². The molecule has 2 aromatic carbocycles. The average Bonchev–Trinajstić information content (AvgIpc) is 2.78. The Labute approximate surface area is 192 Å². The number of hydrogen-bond donors (Lipinski definition) is 3. The van der Waals surface area contributed by atoms with Crippen LogP contribution in [0.1, 0.15) is 39.8 Å². The molecular formula is C25H28F2N4O2. The Hall–Kier alpha value is -3.23. The Morgan fingerprint density at radius 1 is 1.03 bits per heavy atom. The highest BCUT2D eigenvalue weighted by atomic mass is 19.1. The molecule has 0 spiro atoms. The minimum atomic E-state index is -1.01. The number of aliphatic hydroxyl groups excluding tert-OH is 1. The van der Waals surface area contributed by atoms with Gasteiger partial charge in [-0.25, -0.2) is 18.7 Å². The fraction of sp³-hybridized carbons (Fsp3) is 0.320. The summed E-state index contributed by atoms with van der Waals surface area (Å²) < 4.78 is 27.4. The van der Waals surface area contributed by atoms with E-state index in [1.165, 1.54) is 30.1 Å². The first-order valence-electron chi connectivity index (χ1n) is 10.8. The maximum atomic E-state index is 13.7. The molecule has 0 aliphatic carbocycles. The van der Waals surface area contributed by atoms with E-state index in [1.54, 1.807) is 6.92 Å². The molecule has 33 heavy (non-hydrogen) atoms. The summed E-state index contributed by atoms with van der Waals surface area (Å²) >= 11 is 0. The van der Waals surface area contributed by atoms with Gasteiger partial charge in [-0.15, -0.1) is 0 Å². The van der Waals surface area contributed by atoms with Crippen LogP contribution in [0.5, 0.6) is 0 Å². The fourth-order valence-corrected chi connectivity index (χ4v) is 3.49. The SMILES string of the molecule is CCc1cccc(CNC[C@@H](O)[C@H](Cc2cc(F)cc(F)c2)NC(=O)c2cnc(C)nc2)c1. The molecule has 3 N–H and O–H groups in total. The van der Waals surface area contributed by atoms with E-state index < -0.39 is 29.7 Å². The number of carbonyl (C=O) groups is 1. The van der Waals surface area contributed by atoms with Crippen molar-refractivity contribution >= 4 is 5.91 Å². The van der Waals surface area contributed by atoms with Crippen molar-refractivity contribution in [2.45, 2.75) is 45.4 Å². The van der Waals surface area contributed by atoms with E-state index >= 15 is 0 Å². The average molecular weight is 455 g/mol. The van der Waals surface area contributed by atoms with Gasteiger partial charge in [0.25, 0.3) is 5.91 Å². The standard InChI is InChI=1S/C25H28F2N4O2/c1-3-17-5-4-6-18(7-17)12-28-15-24(32)23(10-19-8-21(26)11-22(27)9-19)31-25(33)20-13-29-16(2)30-14-20/h4-9,11,13-14,23-24,28,32H,3,10,12,15H2,1-2H3,(H,31,33)/t23-,24+/m0/s1. The zero-order valence-corrected chi connectivity index (χ0v) is 18.7. The Kier molecular flexibility index (Phi) is 8.57. The Bertz CT molecular complexity index is 1060. The van der Waals surface area contributed by atoms with Crippen LogP contribution in [0.4, 0.5) is 8.78 Å². The molecule has 1 amide bonds. The monoisotopic (exact) mass is 454 g/mol. The van der Waals surface area contributed by atoms with Crippen LogP contribution in [0.3, 0.4) is 0 Å². The molecule has 0 radical (unpaired) electrons. The molecule has 3 aromatic rings. The van der Waals surface area contributed by atoms with E-state index in [0.717, 1.165) is 18.1 Å². The molecule has 0 unspecified atom stereocenters. The third-order valence-corrected chi connectivity index (χ3v) is 5.28. The summed E-state index contributed by atoms with van der Waals surface area (Å²) in [5.41, 5.74) is 2.85. The van der Waals surface area contributed by atoms with Gasteiger partial charge in [0.2, 0.25) is 0 Å². The summed E-state index contributed by atoms with van der Waals surface area (Å²) in [6.07, 6.45) is 2.74. The van der Waals surface area contributed by atoms with E-state index in [9.17, 15) is 18.7 Å². The number of aliphatic hydroxyl groups is 1. The summed E-state index contributed by atoms with van der Waals surface area (Å²) in [6, 6.07) is 10.5. The lowest BCUT2D eigenvalue weighted by Crippen LogP contribution is -2.48. The maximum absolute atomic E-state index is 13.7. The molecular weight excluding hydrogens is 426 g/mol. The number of hydrogen-bond acceptors (Lipinski definition) is 5. The second-order valence-electron chi connectivity index (χ2n) is 7.95. The highest BCUT2D eigenvalue weighted by Gasteiger charge is 2.23. The minimum absolute atomic E-state index is 0.0430. The molecule has 0 aliphatic heterocycles. The maximum Gasteiger partial charge on any atom is 0.254 e. The lowest BCUT2D eigenvalue weighted by Gasteiger charge is -2.25. The van der Waals surface area contributed by atoms with Gasteiger partial charge in [-0.05, 0) is 48.6 Å². The van der Waals surface area contributed by atoms with Crippen molar-refractivity contribution in [2.24, 2.45) is 0 Å². The summed E-state index contributed by atoms with van der Waals surface area (Å²) in [4.78, 5) is 20.7. The zero-order valence-electron chi connectivity index (χ0n) is 18.7. The topological polar surface area (TPSA) is 87.1 Å². The number of carbonyl (C=O) groups excluding carboxylic acids is 1. The van der Waals surface area contributed by atoms with Gasteiger partial charge < -0.3 is 15.7 Å². The highest BCUT2D eigenvalue weighted by molar-refractivity contribution is 5.93. The summed E-state index contributed by atoms with van der Waals surface area (Å²) in [7, 11) is 0. The lowest BCUT2D eigenvalue weighted by molar-refractivity contribution is 0.0829. The quantitative estimate of drug-likeness (QED) is 0.438. The first-order valence-corrected chi connectivity index (χ1v) is 10.8. The number of amides is 1. The van der Waals surface area contributed by atoms with E-state index in [2.05, 4.69) is 39.7 Å². The smallest absolute Gasteiger partial charge is 0.254 e. The third kappa shape index (κ3) is 7.40. The molecule has 1 aromatic heterocycles. The van der Waals surface area contributed by atoms with Crippen LogP contribution in [0.25, 0.3) is 0 Å². The molecule has 6 nitrogen and oxygen atoms in total. The van der Waals surface area contributed by atoms with Gasteiger partial charge in [0.05, 0.1) is 17.7 Å². The molecule has 0 aliphatic rings. The Morgan fingerprint density at radius 3 is 2.36 bits per heavy atom. The van der Waals surface area contributed by atoms with Crippen molar-refractivity contribution in [1.82, 2.24) is 20.6 Å². The van der Waals surface area contributed by atoms with Crippen molar-refractivity contribution < 1.29 is 18.7 Å². The normalized spacial score (nSPS) is 12.9. The van der Waals surface area contributed by atoms with E-state index in [1.807, 2.05) is 12.1 Å². The predicted octanol–water partition coefficient (Wildman–Crippen LogP) is 3.12. The van der Waals surface area contributed by atoms with Crippen molar-refractivity contribution in [3.05, 3.63) is 94.6 Å². The molecule has 0 fully saturated rings. The zero-order chi connectivity index (χ0) is 23.8. The number of aryl methyl sites for hydroxylation is 2. The van der Waals surface area contributed by atoms with Crippen LogP contribution in [0, 0.1) is 18.6 Å². The molecule has 3 rings (SSSR count). The minimum Gasteiger partial charge on any atom is -0.390 e. The van der Waals surface area contributed by atoms with Gasteiger partial charge in [0.15, 0.2) is 0 Å². The van der Waals surface area contributed by atoms with Crippen LogP contribution >= 0.6 is 0 Å². The van der Waals surface area contributed by atoms with Crippen molar-refractivity contribution in [3.63, 3.8) is 0 Å². The summed E-state index contributed by atoms with van der Waals surface area (Å²) in [5, 5.41) is 16.8. The van der Waals surface area contributed by atoms with E-state index in [-0.39, 0.29) is 18.5 Å². The number of aromatic nitrogens is 2. The van der Waals surface area contributed by atoms with Crippen molar-refractivity contribution in [2.75, 3.05) is 6.54 Å². The van der Waals surface area contributed by atoms with Crippen molar-refractivity contribution in [1.29, 1.82) is 0 Å². The lowest BCUT2D eigenvalue weighted by atomic mass is 10.00. The number of benzene rings is 2. The van der Waals surface area contributed by atoms with Gasteiger partial charge in [0, 0.05) is 31.5 Å². The highest BCUT2D eigenvalue weighted by Crippen LogP contribution is 2.13. The number of rotatable bonds is 10. The molecule has 0 saturated heterocycles. The number of halogens is 2. The predicted molar refractivity (Wildman–Crippen MR) is 122 cm³/mol. The molecule has 8 heteroatoms. The first-order chi connectivity index (χ1) is 15.8. The van der Waals surface area contributed by atoms with Gasteiger partial charge in [-0.3, -0.25) is 4.79 Å². The largest absolute Gasteiger partial charge is 0.390 e. The third-order valence-electron chi connectivity index (χ3n) is 5.28. The molecule has 174 valence electrons. The summed E-state index contributed by atoms with van der Waals surface area (Å²) in [5.74, 6) is -1.39. The Balaban J connectivity index is 1.70. The molecule has 1 heterocycles. The second kappa shape index (κ2) is 11.6. The molecule has 0 saturated carbocycles. The second-order valence-corrected chi connectivity index (χ2v) is 7.95. The number of nitrogens with zero attached hydrogens (tertiary/aromatic N) is 2. The van der Waals surface area contributed by atoms with E-state index in [4.69, 9.17) is 0 Å². The van der Waals surface area contributed by atoms with Crippen LogP contribution in [0.15, 0.2) is 54.9 Å².